The molecule has 25 heavy (non-hydrogen) atoms. The monoisotopic (exact) mass is 357 g/mol. The topological polar surface area (TPSA) is 42.2 Å². The summed E-state index contributed by atoms with van der Waals surface area (Å²) in [6.45, 7) is 4.88. The zero-order chi connectivity index (χ0) is 17.2. The molecule has 4 rings (SSSR count). The van der Waals surface area contributed by atoms with Crippen LogP contribution >= 0.6 is 11.3 Å². The van der Waals surface area contributed by atoms with E-state index in [2.05, 4.69) is 28.1 Å². The Morgan fingerprint density at radius 1 is 1.16 bits per heavy atom. The smallest absolute Gasteiger partial charge is 0.258 e. The highest BCUT2D eigenvalue weighted by atomic mass is 32.1. The lowest BCUT2D eigenvalue weighted by molar-refractivity contribution is 0.193. The van der Waals surface area contributed by atoms with Crippen LogP contribution in [0.2, 0.25) is 0 Å². The minimum atomic E-state index is -0.185. The first-order valence-electron chi connectivity index (χ1n) is 8.54. The average Bonchev–Trinajstić information content (AvgIpc) is 3.26. The lowest BCUT2D eigenvalue weighted by Crippen LogP contribution is -2.32. The molecule has 1 fully saturated rings. The highest BCUT2D eigenvalue weighted by Crippen LogP contribution is 2.32. The molecule has 0 amide bonds. The van der Waals surface area contributed by atoms with E-state index in [1.165, 1.54) is 17.7 Å². The third-order valence-corrected chi connectivity index (χ3v) is 5.76. The van der Waals surface area contributed by atoms with Crippen LogP contribution < -0.4 is 0 Å². The van der Waals surface area contributed by atoms with Gasteiger partial charge in [0.25, 0.3) is 5.89 Å². The number of thiophene rings is 1. The molecular weight excluding hydrogens is 337 g/mol. The van der Waals surface area contributed by atoms with E-state index in [1.54, 1.807) is 11.3 Å². The lowest BCUT2D eigenvalue weighted by Gasteiger charge is -2.30. The molecule has 0 atom stereocenters. The van der Waals surface area contributed by atoms with E-state index >= 15 is 0 Å². The van der Waals surface area contributed by atoms with Crippen LogP contribution in [0.25, 0.3) is 10.8 Å². The van der Waals surface area contributed by atoms with Gasteiger partial charge in [-0.2, -0.15) is 0 Å². The molecule has 1 aliphatic rings. The van der Waals surface area contributed by atoms with Crippen molar-refractivity contribution in [3.05, 3.63) is 58.5 Å². The Hall–Kier alpha value is -2.05. The lowest BCUT2D eigenvalue weighted by atomic mass is 9.96. The Balaban J connectivity index is 1.36. The van der Waals surface area contributed by atoms with E-state index in [-0.39, 0.29) is 5.82 Å². The van der Waals surface area contributed by atoms with Crippen LogP contribution in [0, 0.1) is 12.7 Å². The number of benzene rings is 1. The van der Waals surface area contributed by atoms with Gasteiger partial charge < -0.3 is 4.42 Å². The van der Waals surface area contributed by atoms with Gasteiger partial charge in [-0.25, -0.2) is 4.39 Å². The second-order valence-electron chi connectivity index (χ2n) is 6.56. The summed E-state index contributed by atoms with van der Waals surface area (Å²) < 4.78 is 18.9. The molecule has 3 heterocycles. The van der Waals surface area contributed by atoms with Gasteiger partial charge in [-0.15, -0.1) is 21.5 Å². The molecule has 0 radical (unpaired) electrons. The van der Waals surface area contributed by atoms with Crippen LogP contribution in [0.4, 0.5) is 4.39 Å². The second kappa shape index (κ2) is 7.06. The first kappa shape index (κ1) is 16.4. The molecule has 1 saturated heterocycles. The summed E-state index contributed by atoms with van der Waals surface area (Å²) in [5, 5.41) is 10.6. The first-order chi connectivity index (χ1) is 12.2. The molecule has 1 aliphatic heterocycles. The van der Waals surface area contributed by atoms with E-state index in [0.29, 0.717) is 11.8 Å². The van der Waals surface area contributed by atoms with Crippen LogP contribution in [0.1, 0.15) is 35.8 Å². The number of aromatic nitrogens is 2. The van der Waals surface area contributed by atoms with Crippen molar-refractivity contribution in [2.75, 3.05) is 13.1 Å². The highest BCUT2D eigenvalue weighted by molar-refractivity contribution is 7.13. The Morgan fingerprint density at radius 3 is 2.60 bits per heavy atom. The number of nitrogens with zero attached hydrogens (tertiary/aromatic N) is 3. The maximum atomic E-state index is 13.0. The second-order valence-corrected chi connectivity index (χ2v) is 7.47. The number of aryl methyl sites for hydroxylation is 1. The fourth-order valence-corrected chi connectivity index (χ4v) is 4.11. The molecule has 4 nitrogen and oxygen atoms in total. The van der Waals surface area contributed by atoms with Crippen molar-refractivity contribution in [1.29, 1.82) is 0 Å². The van der Waals surface area contributed by atoms with Crippen LogP contribution in [0.3, 0.4) is 0 Å². The third kappa shape index (κ3) is 3.65. The van der Waals surface area contributed by atoms with Gasteiger partial charge >= 0.3 is 0 Å². The summed E-state index contributed by atoms with van der Waals surface area (Å²) in [6, 6.07) is 8.82. The molecule has 6 heteroatoms. The molecule has 0 N–H and O–H groups in total. The fraction of sp³-hybridized carbons (Fsp3) is 0.368. The van der Waals surface area contributed by atoms with Gasteiger partial charge in [-0.1, -0.05) is 12.1 Å². The van der Waals surface area contributed by atoms with Gasteiger partial charge in [-0.3, -0.25) is 4.90 Å². The number of rotatable bonds is 4. The molecule has 0 aliphatic carbocycles. The van der Waals surface area contributed by atoms with E-state index < -0.39 is 0 Å². The predicted octanol–water partition coefficient (Wildman–Crippen LogP) is 4.63. The van der Waals surface area contributed by atoms with Gasteiger partial charge in [0.2, 0.25) is 5.89 Å². The van der Waals surface area contributed by atoms with Gasteiger partial charge in [0.15, 0.2) is 0 Å². The Kier molecular flexibility index (Phi) is 4.63. The molecule has 130 valence electrons. The van der Waals surface area contributed by atoms with Crippen LogP contribution in [0.5, 0.6) is 0 Å². The zero-order valence-corrected chi connectivity index (χ0v) is 14.9. The summed E-state index contributed by atoms with van der Waals surface area (Å²) >= 11 is 1.63. The van der Waals surface area contributed by atoms with Crippen molar-refractivity contribution in [1.82, 2.24) is 15.1 Å². The van der Waals surface area contributed by atoms with Gasteiger partial charge in [-0.05, 0) is 67.6 Å². The van der Waals surface area contributed by atoms with Crippen LogP contribution in [-0.2, 0) is 6.54 Å². The molecule has 1 aromatic carbocycles. The minimum absolute atomic E-state index is 0.185. The number of halogens is 1. The maximum Gasteiger partial charge on any atom is 0.258 e. The van der Waals surface area contributed by atoms with Crippen molar-refractivity contribution < 1.29 is 8.81 Å². The number of likely N-dealkylation sites (tertiary alicyclic amines) is 1. The third-order valence-electron chi connectivity index (χ3n) is 4.75. The zero-order valence-electron chi connectivity index (χ0n) is 14.1. The van der Waals surface area contributed by atoms with Gasteiger partial charge in [0, 0.05) is 12.5 Å². The Bertz CT molecular complexity index is 834. The summed E-state index contributed by atoms with van der Waals surface area (Å²) in [6.07, 6.45) is 2.01. The highest BCUT2D eigenvalue weighted by Gasteiger charge is 2.25. The van der Waals surface area contributed by atoms with Crippen molar-refractivity contribution >= 4 is 11.3 Å². The van der Waals surface area contributed by atoms with E-state index in [4.69, 9.17) is 4.42 Å². The van der Waals surface area contributed by atoms with Crippen LogP contribution in [0.15, 0.2) is 40.1 Å². The summed E-state index contributed by atoms with van der Waals surface area (Å²) in [5.74, 6) is 1.53. The number of hydrogen-bond donors (Lipinski definition) is 0. The quantitative estimate of drug-likeness (QED) is 0.683. The minimum Gasteiger partial charge on any atom is -0.420 e. The van der Waals surface area contributed by atoms with E-state index in [0.717, 1.165) is 48.8 Å². The van der Waals surface area contributed by atoms with Crippen molar-refractivity contribution in [2.45, 2.75) is 32.2 Å². The molecular formula is C19H20FN3OS. The Labute approximate surface area is 150 Å². The van der Waals surface area contributed by atoms with Gasteiger partial charge in [0.1, 0.15) is 5.82 Å². The standard InChI is InChI=1S/C19H20FN3OS/c1-13-8-11-25-17(13)19-22-21-18(24-19)15-6-9-23(10-7-15)12-14-2-4-16(20)5-3-14/h2-5,8,11,15H,6-7,9-10,12H2,1H3. The van der Waals surface area contributed by atoms with Crippen molar-refractivity contribution in [3.8, 4) is 10.8 Å². The summed E-state index contributed by atoms with van der Waals surface area (Å²) in [7, 11) is 0. The fourth-order valence-electron chi connectivity index (χ4n) is 3.27. The molecule has 0 bridgehead atoms. The molecule has 2 aromatic heterocycles. The number of hydrogen-bond acceptors (Lipinski definition) is 5. The normalized spacial score (nSPS) is 16.4. The van der Waals surface area contributed by atoms with E-state index in [9.17, 15) is 4.39 Å². The SMILES string of the molecule is Cc1ccsc1-c1nnc(C2CCN(Cc3ccc(F)cc3)CC2)o1. The van der Waals surface area contributed by atoms with Crippen molar-refractivity contribution in [2.24, 2.45) is 0 Å². The summed E-state index contributed by atoms with van der Waals surface area (Å²) in [4.78, 5) is 3.46. The average molecular weight is 357 g/mol. The first-order valence-corrected chi connectivity index (χ1v) is 9.41. The van der Waals surface area contributed by atoms with Crippen molar-refractivity contribution in [3.63, 3.8) is 0 Å². The maximum absolute atomic E-state index is 13.0. The van der Waals surface area contributed by atoms with Gasteiger partial charge in [0.05, 0.1) is 4.88 Å². The largest absolute Gasteiger partial charge is 0.420 e. The van der Waals surface area contributed by atoms with Crippen LogP contribution in [-0.4, -0.2) is 28.2 Å². The predicted molar refractivity (Wildman–Crippen MR) is 96.0 cm³/mol. The molecule has 3 aromatic rings. The summed E-state index contributed by atoms with van der Waals surface area (Å²) in [5.41, 5.74) is 2.32. The van der Waals surface area contributed by atoms with E-state index in [1.807, 2.05) is 17.5 Å². The molecule has 0 unspecified atom stereocenters. The molecule has 0 spiro atoms. The Morgan fingerprint density at radius 2 is 1.92 bits per heavy atom. The molecule has 0 saturated carbocycles. The number of piperidine rings is 1.